The summed E-state index contributed by atoms with van der Waals surface area (Å²) in [5, 5.41) is 15.6. The molecule has 0 aliphatic heterocycles. The number of aromatic amines is 1. The van der Waals surface area contributed by atoms with Crippen LogP contribution in [0, 0.1) is 0 Å². The summed E-state index contributed by atoms with van der Waals surface area (Å²) in [7, 11) is 0. The van der Waals surface area contributed by atoms with E-state index in [9.17, 15) is 5.21 Å². The first-order valence-corrected chi connectivity index (χ1v) is 6.60. The zero-order chi connectivity index (χ0) is 13.9. The molecule has 0 saturated carbocycles. The summed E-state index contributed by atoms with van der Waals surface area (Å²) >= 11 is 3.39. The minimum atomic E-state index is 0.308. The highest BCUT2D eigenvalue weighted by Gasteiger charge is 2.11. The highest BCUT2D eigenvalue weighted by molar-refractivity contribution is 9.10. The van der Waals surface area contributed by atoms with E-state index in [0.717, 1.165) is 10.2 Å². The normalized spacial score (nSPS) is 11.8. The second-order valence-corrected chi connectivity index (χ2v) is 4.96. The maximum Gasteiger partial charge on any atom is 0.179 e. The molecule has 0 amide bonds. The topological polar surface area (TPSA) is 86.2 Å². The first-order valence-electron chi connectivity index (χ1n) is 5.81. The summed E-state index contributed by atoms with van der Waals surface area (Å²) in [6.45, 7) is 0. The van der Waals surface area contributed by atoms with Crippen molar-refractivity contribution in [3.05, 3.63) is 52.9 Å². The molecule has 0 spiro atoms. The summed E-state index contributed by atoms with van der Waals surface area (Å²) < 4.78 is 0.930. The van der Waals surface area contributed by atoms with Gasteiger partial charge in [0.1, 0.15) is 5.52 Å². The van der Waals surface area contributed by atoms with Crippen molar-refractivity contribution in [3.8, 4) is 0 Å². The summed E-state index contributed by atoms with van der Waals surface area (Å²) in [5.74, 6) is 0.308. The van der Waals surface area contributed by atoms with E-state index in [-0.39, 0.29) is 0 Å². The van der Waals surface area contributed by atoms with Crippen molar-refractivity contribution in [2.45, 2.75) is 0 Å². The fourth-order valence-electron chi connectivity index (χ4n) is 1.89. The fraction of sp³-hybridized carbons (Fsp3) is 0. The van der Waals surface area contributed by atoms with Gasteiger partial charge in [-0.1, -0.05) is 27.2 Å². The van der Waals surface area contributed by atoms with Gasteiger partial charge in [-0.3, -0.25) is 0 Å². The molecule has 1 aromatic carbocycles. The highest BCUT2D eigenvalue weighted by atomic mass is 79.9. The van der Waals surface area contributed by atoms with Crippen molar-refractivity contribution in [3.63, 3.8) is 0 Å². The Morgan fingerprint density at radius 3 is 3.00 bits per heavy atom. The van der Waals surface area contributed by atoms with Gasteiger partial charge in [0.15, 0.2) is 11.5 Å². The monoisotopic (exact) mass is 331 g/mol. The Bertz CT molecular complexity index is 783. The lowest BCUT2D eigenvalue weighted by Crippen LogP contribution is -2.14. The molecule has 0 fully saturated rings. The fourth-order valence-corrected chi connectivity index (χ4v) is 2.29. The average molecular weight is 332 g/mol. The second kappa shape index (κ2) is 5.30. The Balaban J connectivity index is 2.00. The number of anilines is 1. The standard InChI is InChI=1S/C13H10BrN5O/c14-8-2-1-3-9(6-8)18-12(19-20)10-4-5-15-13-11(10)16-7-17-13/h1-7,20H,(H,18,19)(H,15,16,17). The molecule has 0 radical (unpaired) electrons. The molecule has 0 bridgehead atoms. The van der Waals surface area contributed by atoms with Crippen molar-refractivity contribution in [1.82, 2.24) is 15.0 Å². The van der Waals surface area contributed by atoms with E-state index < -0.39 is 0 Å². The first-order chi connectivity index (χ1) is 9.78. The summed E-state index contributed by atoms with van der Waals surface area (Å²) in [6, 6.07) is 9.30. The Hall–Kier alpha value is -2.41. The van der Waals surface area contributed by atoms with Crippen LogP contribution in [0.2, 0.25) is 0 Å². The molecule has 7 heteroatoms. The molecule has 0 unspecified atom stereocenters. The Morgan fingerprint density at radius 1 is 1.30 bits per heavy atom. The molecule has 100 valence electrons. The van der Waals surface area contributed by atoms with E-state index in [1.54, 1.807) is 18.6 Å². The number of amidine groups is 1. The number of benzene rings is 1. The van der Waals surface area contributed by atoms with E-state index in [2.05, 4.69) is 41.4 Å². The Kier molecular flexibility index (Phi) is 3.34. The van der Waals surface area contributed by atoms with Crippen LogP contribution in [0.4, 0.5) is 5.69 Å². The SMILES string of the molecule is O/N=C(/Nc1cccc(Br)c1)c1ccnc2[nH]cnc12. The van der Waals surface area contributed by atoms with Gasteiger partial charge in [-0.2, -0.15) is 0 Å². The summed E-state index contributed by atoms with van der Waals surface area (Å²) in [4.78, 5) is 11.3. The molecule has 0 saturated heterocycles. The molecule has 2 aromatic heterocycles. The lowest BCUT2D eigenvalue weighted by atomic mass is 10.2. The average Bonchev–Trinajstić information content (AvgIpc) is 2.93. The van der Waals surface area contributed by atoms with Crippen molar-refractivity contribution in [2.24, 2.45) is 5.16 Å². The van der Waals surface area contributed by atoms with Crippen LogP contribution in [0.25, 0.3) is 11.2 Å². The minimum absolute atomic E-state index is 0.308. The van der Waals surface area contributed by atoms with Crippen molar-refractivity contribution < 1.29 is 5.21 Å². The van der Waals surface area contributed by atoms with Crippen LogP contribution in [-0.4, -0.2) is 26.0 Å². The molecule has 6 nitrogen and oxygen atoms in total. The van der Waals surface area contributed by atoms with E-state index in [1.165, 1.54) is 0 Å². The van der Waals surface area contributed by atoms with Gasteiger partial charge in [0.05, 0.1) is 11.9 Å². The molecular formula is C13H10BrN5O. The molecule has 0 aliphatic rings. The van der Waals surface area contributed by atoms with Gasteiger partial charge in [-0.15, -0.1) is 0 Å². The van der Waals surface area contributed by atoms with Gasteiger partial charge in [0.2, 0.25) is 0 Å². The number of rotatable bonds is 2. The summed E-state index contributed by atoms with van der Waals surface area (Å²) in [6.07, 6.45) is 3.18. The third kappa shape index (κ3) is 2.35. The van der Waals surface area contributed by atoms with Gasteiger partial charge < -0.3 is 15.5 Å². The number of hydrogen-bond donors (Lipinski definition) is 3. The third-order valence-electron chi connectivity index (χ3n) is 2.76. The third-order valence-corrected chi connectivity index (χ3v) is 3.25. The van der Waals surface area contributed by atoms with Crippen molar-refractivity contribution in [2.75, 3.05) is 5.32 Å². The Labute approximate surface area is 122 Å². The first kappa shape index (κ1) is 12.6. The molecular weight excluding hydrogens is 322 g/mol. The molecule has 3 aromatic rings. The maximum absolute atomic E-state index is 9.26. The lowest BCUT2D eigenvalue weighted by Gasteiger charge is -2.09. The molecule has 20 heavy (non-hydrogen) atoms. The van der Waals surface area contributed by atoms with E-state index in [0.29, 0.717) is 22.6 Å². The smallest absolute Gasteiger partial charge is 0.179 e. The number of nitrogens with zero attached hydrogens (tertiary/aromatic N) is 3. The van der Waals surface area contributed by atoms with Crippen LogP contribution >= 0.6 is 15.9 Å². The predicted molar refractivity (Wildman–Crippen MR) is 80.0 cm³/mol. The molecule has 3 N–H and O–H groups in total. The highest BCUT2D eigenvalue weighted by Crippen LogP contribution is 2.18. The largest absolute Gasteiger partial charge is 0.409 e. The molecule has 2 heterocycles. The zero-order valence-electron chi connectivity index (χ0n) is 10.2. The van der Waals surface area contributed by atoms with Gasteiger partial charge in [-0.25, -0.2) is 9.97 Å². The van der Waals surface area contributed by atoms with E-state index >= 15 is 0 Å². The number of nitrogens with one attached hydrogen (secondary N) is 2. The second-order valence-electron chi connectivity index (χ2n) is 4.04. The summed E-state index contributed by atoms with van der Waals surface area (Å²) in [5.41, 5.74) is 2.74. The molecule has 0 aliphatic carbocycles. The van der Waals surface area contributed by atoms with Crippen molar-refractivity contribution in [1.29, 1.82) is 0 Å². The number of imidazole rings is 1. The van der Waals surface area contributed by atoms with Gasteiger partial charge in [0, 0.05) is 16.4 Å². The number of hydrogen-bond acceptors (Lipinski definition) is 4. The van der Waals surface area contributed by atoms with Gasteiger partial charge in [-0.05, 0) is 24.3 Å². The number of fused-ring (bicyclic) bond motifs is 1. The number of H-pyrrole nitrogens is 1. The zero-order valence-corrected chi connectivity index (χ0v) is 11.8. The quantitative estimate of drug-likeness (QED) is 0.291. The lowest BCUT2D eigenvalue weighted by molar-refractivity contribution is 0.319. The van der Waals surface area contributed by atoms with Crippen LogP contribution in [0.15, 0.2) is 52.5 Å². The number of halogens is 1. The van der Waals surface area contributed by atoms with Crippen LogP contribution in [0.1, 0.15) is 5.56 Å². The number of oxime groups is 1. The Morgan fingerprint density at radius 2 is 2.20 bits per heavy atom. The van der Waals surface area contributed by atoms with Crippen LogP contribution in [0.5, 0.6) is 0 Å². The van der Waals surface area contributed by atoms with Crippen LogP contribution in [0.3, 0.4) is 0 Å². The minimum Gasteiger partial charge on any atom is -0.409 e. The maximum atomic E-state index is 9.26. The van der Waals surface area contributed by atoms with Crippen molar-refractivity contribution >= 4 is 38.6 Å². The van der Waals surface area contributed by atoms with E-state index in [4.69, 9.17) is 0 Å². The van der Waals surface area contributed by atoms with Gasteiger partial charge >= 0.3 is 0 Å². The van der Waals surface area contributed by atoms with E-state index in [1.807, 2.05) is 24.3 Å². The number of pyridine rings is 1. The number of aromatic nitrogens is 3. The molecule has 0 atom stereocenters. The molecule has 3 rings (SSSR count). The van der Waals surface area contributed by atoms with Gasteiger partial charge in [0.25, 0.3) is 0 Å². The predicted octanol–water partition coefficient (Wildman–Crippen LogP) is 2.97. The van der Waals surface area contributed by atoms with Crippen LogP contribution < -0.4 is 5.32 Å². The van der Waals surface area contributed by atoms with Crippen LogP contribution in [-0.2, 0) is 0 Å².